The molecule has 0 bridgehead atoms. The third-order valence-electron chi connectivity index (χ3n) is 2.24. The zero-order valence-electron chi connectivity index (χ0n) is 7.59. The number of hydrogen-bond acceptors (Lipinski definition) is 1. The summed E-state index contributed by atoms with van der Waals surface area (Å²) < 4.78 is 0. The van der Waals surface area contributed by atoms with Gasteiger partial charge in [-0.1, -0.05) is 23.8 Å². The van der Waals surface area contributed by atoms with Gasteiger partial charge in [-0.05, 0) is 31.1 Å². The maximum atomic E-state index is 4.50. The van der Waals surface area contributed by atoms with Gasteiger partial charge in [0.15, 0.2) is 0 Å². The summed E-state index contributed by atoms with van der Waals surface area (Å²) in [7, 11) is 0. The van der Waals surface area contributed by atoms with Crippen LogP contribution >= 0.6 is 0 Å². The Kier molecular flexibility index (Phi) is 1.72. The van der Waals surface area contributed by atoms with Crippen molar-refractivity contribution in [3.8, 4) is 0 Å². The minimum absolute atomic E-state index is 0.955. The van der Waals surface area contributed by atoms with E-state index in [2.05, 4.69) is 37.0 Å². The molecule has 1 heterocycles. The van der Waals surface area contributed by atoms with E-state index in [1.54, 1.807) is 0 Å². The van der Waals surface area contributed by atoms with Crippen LogP contribution < -0.4 is 10.6 Å². The average Bonchev–Trinajstić information content (AvgIpc) is 2.04. The molecule has 0 unspecified atom stereocenters. The summed E-state index contributed by atoms with van der Waals surface area (Å²) in [6.45, 7) is 5.22. The monoisotopic (exact) mass is 159 g/mol. The van der Waals surface area contributed by atoms with E-state index >= 15 is 0 Å². The number of nitrogens with zero attached hydrogens (tertiary/aromatic N) is 1. The molecule has 1 aliphatic heterocycles. The van der Waals surface area contributed by atoms with Crippen molar-refractivity contribution in [3.63, 3.8) is 0 Å². The zero-order chi connectivity index (χ0) is 8.55. The SMILES string of the molecule is Cc1cc(C)c2c(c1)=CCCN=2. The molecule has 0 aliphatic carbocycles. The fourth-order valence-electron chi connectivity index (χ4n) is 1.76. The summed E-state index contributed by atoms with van der Waals surface area (Å²) in [5.74, 6) is 0. The highest BCUT2D eigenvalue weighted by Crippen LogP contribution is 1.96. The van der Waals surface area contributed by atoms with Gasteiger partial charge in [0.2, 0.25) is 0 Å². The molecule has 0 spiro atoms. The standard InChI is InChI=1S/C11H13N/c1-8-6-9(2)11-10(7-8)4-3-5-12-11/h4,6-7H,3,5H2,1-2H3. The van der Waals surface area contributed by atoms with Crippen molar-refractivity contribution in [2.75, 3.05) is 6.54 Å². The Morgan fingerprint density at radius 3 is 2.92 bits per heavy atom. The molecule has 0 N–H and O–H groups in total. The average molecular weight is 159 g/mol. The molecule has 1 nitrogen and oxygen atoms in total. The second kappa shape index (κ2) is 2.74. The highest BCUT2D eigenvalue weighted by molar-refractivity contribution is 5.32. The second-order valence-corrected chi connectivity index (χ2v) is 3.39. The Labute approximate surface area is 72.5 Å². The fourth-order valence-corrected chi connectivity index (χ4v) is 1.76. The third kappa shape index (κ3) is 1.15. The summed E-state index contributed by atoms with van der Waals surface area (Å²) in [6, 6.07) is 4.41. The molecule has 0 aromatic heterocycles. The van der Waals surface area contributed by atoms with Crippen molar-refractivity contribution in [2.24, 2.45) is 4.99 Å². The molecular formula is C11H13N. The molecule has 2 rings (SSSR count). The summed E-state index contributed by atoms with van der Waals surface area (Å²) >= 11 is 0. The summed E-state index contributed by atoms with van der Waals surface area (Å²) in [4.78, 5) is 4.50. The number of rotatable bonds is 0. The topological polar surface area (TPSA) is 12.4 Å². The van der Waals surface area contributed by atoms with Crippen molar-refractivity contribution >= 4 is 6.08 Å². The van der Waals surface area contributed by atoms with Gasteiger partial charge in [0, 0.05) is 6.54 Å². The predicted octanol–water partition coefficient (Wildman–Crippen LogP) is 1.11. The minimum Gasteiger partial charge on any atom is -0.284 e. The molecule has 1 aliphatic rings. The smallest absolute Gasteiger partial charge is 0.0672 e. The summed E-state index contributed by atoms with van der Waals surface area (Å²) in [6.07, 6.45) is 3.37. The first-order chi connectivity index (χ1) is 5.77. The Balaban J connectivity index is 2.87. The Morgan fingerprint density at radius 1 is 1.25 bits per heavy atom. The molecule has 0 atom stereocenters. The highest BCUT2D eigenvalue weighted by Gasteiger charge is 1.98. The van der Waals surface area contributed by atoms with E-state index in [-0.39, 0.29) is 0 Å². The van der Waals surface area contributed by atoms with Crippen molar-refractivity contribution in [1.29, 1.82) is 0 Å². The molecule has 1 heteroatoms. The molecule has 1 aromatic carbocycles. The van der Waals surface area contributed by atoms with Gasteiger partial charge in [0.1, 0.15) is 0 Å². The quantitative estimate of drug-likeness (QED) is 0.537. The van der Waals surface area contributed by atoms with Crippen LogP contribution in [0, 0.1) is 13.8 Å². The first-order valence-corrected chi connectivity index (χ1v) is 4.39. The van der Waals surface area contributed by atoms with E-state index in [4.69, 9.17) is 0 Å². The van der Waals surface area contributed by atoms with Gasteiger partial charge >= 0.3 is 0 Å². The Hall–Kier alpha value is -1.11. The normalized spacial score (nSPS) is 14.5. The van der Waals surface area contributed by atoms with Crippen LogP contribution in [0.2, 0.25) is 0 Å². The first kappa shape index (κ1) is 7.53. The first-order valence-electron chi connectivity index (χ1n) is 4.39. The van der Waals surface area contributed by atoms with Crippen LogP contribution in [0.1, 0.15) is 17.5 Å². The van der Waals surface area contributed by atoms with Gasteiger partial charge in [0.05, 0.1) is 5.36 Å². The van der Waals surface area contributed by atoms with Crippen LogP contribution in [0.3, 0.4) is 0 Å². The van der Waals surface area contributed by atoms with Gasteiger partial charge in [-0.25, -0.2) is 0 Å². The highest BCUT2D eigenvalue weighted by atomic mass is 14.7. The second-order valence-electron chi connectivity index (χ2n) is 3.39. The summed E-state index contributed by atoms with van der Waals surface area (Å²) in [5.41, 5.74) is 2.64. The molecule has 0 saturated heterocycles. The molecule has 12 heavy (non-hydrogen) atoms. The molecule has 0 saturated carbocycles. The maximum absolute atomic E-state index is 4.50. The lowest BCUT2D eigenvalue weighted by atomic mass is 10.1. The van der Waals surface area contributed by atoms with Crippen LogP contribution in [-0.4, -0.2) is 6.54 Å². The van der Waals surface area contributed by atoms with Crippen molar-refractivity contribution < 1.29 is 0 Å². The molecule has 0 amide bonds. The van der Waals surface area contributed by atoms with Crippen LogP contribution in [0.5, 0.6) is 0 Å². The van der Waals surface area contributed by atoms with Crippen LogP contribution in [-0.2, 0) is 0 Å². The number of hydrogen-bond donors (Lipinski definition) is 0. The Bertz CT molecular complexity index is 415. The lowest BCUT2D eigenvalue weighted by molar-refractivity contribution is 0.948. The fraction of sp³-hybridized carbons (Fsp3) is 0.364. The van der Waals surface area contributed by atoms with E-state index in [0.717, 1.165) is 13.0 Å². The van der Waals surface area contributed by atoms with Gasteiger partial charge < -0.3 is 0 Å². The lowest BCUT2D eigenvalue weighted by Crippen LogP contribution is -2.30. The van der Waals surface area contributed by atoms with Crippen LogP contribution in [0.25, 0.3) is 6.08 Å². The summed E-state index contributed by atoms with van der Waals surface area (Å²) in [5, 5.41) is 2.52. The molecule has 1 aromatic rings. The number of fused-ring (bicyclic) bond motifs is 1. The number of aryl methyl sites for hydroxylation is 2. The molecule has 0 fully saturated rings. The predicted molar refractivity (Wildman–Crippen MR) is 50.6 cm³/mol. The number of benzene rings is 1. The van der Waals surface area contributed by atoms with E-state index in [9.17, 15) is 0 Å². The Morgan fingerprint density at radius 2 is 2.08 bits per heavy atom. The zero-order valence-corrected chi connectivity index (χ0v) is 7.59. The van der Waals surface area contributed by atoms with E-state index in [1.807, 2.05) is 0 Å². The van der Waals surface area contributed by atoms with Crippen LogP contribution in [0.15, 0.2) is 17.1 Å². The van der Waals surface area contributed by atoms with Crippen LogP contribution in [0.4, 0.5) is 0 Å². The van der Waals surface area contributed by atoms with Gasteiger partial charge in [-0.3, -0.25) is 4.99 Å². The van der Waals surface area contributed by atoms with Gasteiger partial charge in [0.25, 0.3) is 0 Å². The van der Waals surface area contributed by atoms with Crippen molar-refractivity contribution in [3.05, 3.63) is 33.8 Å². The minimum atomic E-state index is 0.955. The molecular weight excluding hydrogens is 146 g/mol. The van der Waals surface area contributed by atoms with E-state index < -0.39 is 0 Å². The van der Waals surface area contributed by atoms with Crippen molar-refractivity contribution in [1.82, 2.24) is 0 Å². The van der Waals surface area contributed by atoms with Gasteiger partial charge in [-0.15, -0.1) is 0 Å². The van der Waals surface area contributed by atoms with Crippen molar-refractivity contribution in [2.45, 2.75) is 20.3 Å². The maximum Gasteiger partial charge on any atom is 0.0672 e. The molecule has 62 valence electrons. The third-order valence-corrected chi connectivity index (χ3v) is 2.24. The van der Waals surface area contributed by atoms with Gasteiger partial charge in [-0.2, -0.15) is 0 Å². The largest absolute Gasteiger partial charge is 0.284 e. The molecule has 0 radical (unpaired) electrons. The van der Waals surface area contributed by atoms with E-state index in [0.29, 0.717) is 0 Å². The lowest BCUT2D eigenvalue weighted by Gasteiger charge is -2.03. The van der Waals surface area contributed by atoms with E-state index in [1.165, 1.54) is 21.7 Å².